The minimum absolute atomic E-state index is 0.0330. The third-order valence-corrected chi connectivity index (χ3v) is 5.00. The number of aliphatic hydroxyl groups excluding tert-OH is 1. The number of halogens is 1. The monoisotopic (exact) mass is 317 g/mol. The van der Waals surface area contributed by atoms with Crippen molar-refractivity contribution in [2.24, 2.45) is 0 Å². The summed E-state index contributed by atoms with van der Waals surface area (Å²) in [6.07, 6.45) is 4.50. The van der Waals surface area contributed by atoms with Crippen LogP contribution < -0.4 is 0 Å². The Kier molecular flexibility index (Phi) is 4.59. The van der Waals surface area contributed by atoms with E-state index >= 15 is 0 Å². The van der Waals surface area contributed by atoms with E-state index in [0.717, 1.165) is 22.2 Å². The van der Waals surface area contributed by atoms with Crippen molar-refractivity contribution in [2.45, 2.75) is 31.7 Å². The molecule has 1 amide bonds. The summed E-state index contributed by atoms with van der Waals surface area (Å²) in [6.45, 7) is 0.471. The molecule has 1 N–H and O–H groups in total. The molecule has 3 nitrogen and oxygen atoms in total. The topological polar surface area (TPSA) is 40.5 Å². The normalized spacial score (nSPS) is 16.4. The van der Waals surface area contributed by atoms with Crippen LogP contribution in [0.5, 0.6) is 0 Å². The van der Waals surface area contributed by atoms with Gasteiger partial charge in [-0.3, -0.25) is 4.79 Å². The van der Waals surface area contributed by atoms with Gasteiger partial charge >= 0.3 is 0 Å². The standard InChI is InChI=1S/C12H16BrNO2S/c13-10-5-8-17-11(10)12(16)14(6-7-15)9-3-1-2-4-9/h5,8-9,15H,1-4,6-7H2. The van der Waals surface area contributed by atoms with Crippen LogP contribution in [-0.4, -0.2) is 35.1 Å². The third kappa shape index (κ3) is 2.89. The molecule has 1 aromatic rings. The van der Waals surface area contributed by atoms with Gasteiger partial charge in [0, 0.05) is 17.1 Å². The minimum Gasteiger partial charge on any atom is -0.395 e. The van der Waals surface area contributed by atoms with E-state index in [-0.39, 0.29) is 12.5 Å². The lowest BCUT2D eigenvalue weighted by atomic mass is 10.2. The molecule has 0 radical (unpaired) electrons. The Balaban J connectivity index is 2.15. The quantitative estimate of drug-likeness (QED) is 0.927. The van der Waals surface area contributed by atoms with E-state index in [1.165, 1.54) is 24.2 Å². The van der Waals surface area contributed by atoms with Crippen LogP contribution in [0, 0.1) is 0 Å². The lowest BCUT2D eigenvalue weighted by molar-refractivity contribution is 0.0642. The summed E-state index contributed by atoms with van der Waals surface area (Å²) < 4.78 is 0.855. The zero-order valence-corrected chi connectivity index (χ0v) is 12.0. The predicted octanol–water partition coefficient (Wildman–Crippen LogP) is 2.89. The first-order valence-electron chi connectivity index (χ1n) is 5.89. The second-order valence-corrected chi connectivity index (χ2v) is 6.03. The number of amides is 1. The molecule has 2 rings (SSSR count). The van der Waals surface area contributed by atoms with Crippen molar-refractivity contribution in [3.8, 4) is 0 Å². The summed E-state index contributed by atoms with van der Waals surface area (Å²) in [4.78, 5) is 15.0. The van der Waals surface area contributed by atoms with E-state index in [2.05, 4.69) is 15.9 Å². The zero-order valence-electron chi connectivity index (χ0n) is 9.56. The molecular formula is C12H16BrNO2S. The first-order chi connectivity index (χ1) is 8.24. The molecular weight excluding hydrogens is 302 g/mol. The number of aliphatic hydroxyl groups is 1. The maximum absolute atomic E-state index is 12.4. The van der Waals surface area contributed by atoms with Crippen LogP contribution in [0.25, 0.3) is 0 Å². The highest BCUT2D eigenvalue weighted by Crippen LogP contribution is 2.29. The maximum atomic E-state index is 12.4. The average Bonchev–Trinajstić information content (AvgIpc) is 2.95. The minimum atomic E-state index is 0.0330. The molecule has 1 heterocycles. The predicted molar refractivity (Wildman–Crippen MR) is 72.4 cm³/mol. The number of hydrogen-bond acceptors (Lipinski definition) is 3. The van der Waals surface area contributed by atoms with Gasteiger partial charge < -0.3 is 10.0 Å². The van der Waals surface area contributed by atoms with Crippen molar-refractivity contribution in [2.75, 3.05) is 13.2 Å². The summed E-state index contributed by atoms with van der Waals surface area (Å²) in [5.41, 5.74) is 0. The summed E-state index contributed by atoms with van der Waals surface area (Å²) in [7, 11) is 0. The maximum Gasteiger partial charge on any atom is 0.265 e. The fourth-order valence-corrected chi connectivity index (χ4v) is 3.85. The van der Waals surface area contributed by atoms with Crippen molar-refractivity contribution in [1.29, 1.82) is 0 Å². The summed E-state index contributed by atoms with van der Waals surface area (Å²) in [5, 5.41) is 11.0. The van der Waals surface area contributed by atoms with Crippen molar-refractivity contribution in [3.63, 3.8) is 0 Å². The highest BCUT2D eigenvalue weighted by molar-refractivity contribution is 9.10. The molecule has 0 unspecified atom stereocenters. The number of carbonyl (C=O) groups is 1. The first kappa shape index (κ1) is 13.1. The molecule has 1 fully saturated rings. The van der Waals surface area contributed by atoms with Gasteiger partial charge in [0.25, 0.3) is 5.91 Å². The van der Waals surface area contributed by atoms with Crippen LogP contribution in [0.2, 0.25) is 0 Å². The van der Waals surface area contributed by atoms with Crippen molar-refractivity contribution in [1.82, 2.24) is 4.90 Å². The van der Waals surface area contributed by atoms with Gasteiger partial charge in [-0.05, 0) is 40.2 Å². The van der Waals surface area contributed by atoms with Crippen molar-refractivity contribution >= 4 is 33.2 Å². The van der Waals surface area contributed by atoms with E-state index in [1.807, 2.05) is 16.3 Å². The fourth-order valence-electron chi connectivity index (χ4n) is 2.35. The summed E-state index contributed by atoms with van der Waals surface area (Å²) >= 11 is 4.85. The van der Waals surface area contributed by atoms with E-state index in [4.69, 9.17) is 5.11 Å². The Morgan fingerprint density at radius 2 is 2.24 bits per heavy atom. The van der Waals surface area contributed by atoms with Crippen LogP contribution in [0.15, 0.2) is 15.9 Å². The molecule has 0 bridgehead atoms. The molecule has 1 aliphatic carbocycles. The molecule has 1 aromatic heterocycles. The Labute approximate surface area is 114 Å². The molecule has 0 spiro atoms. The van der Waals surface area contributed by atoms with Gasteiger partial charge in [-0.15, -0.1) is 11.3 Å². The second-order valence-electron chi connectivity index (χ2n) is 4.26. The molecule has 1 saturated carbocycles. The number of nitrogens with zero attached hydrogens (tertiary/aromatic N) is 1. The highest BCUT2D eigenvalue weighted by atomic mass is 79.9. The van der Waals surface area contributed by atoms with Gasteiger partial charge in [-0.1, -0.05) is 12.8 Å². The number of rotatable bonds is 4. The summed E-state index contributed by atoms with van der Waals surface area (Å²) in [5.74, 6) is 0.0489. The molecule has 0 aromatic carbocycles. The van der Waals surface area contributed by atoms with Crippen LogP contribution in [0.1, 0.15) is 35.4 Å². The molecule has 17 heavy (non-hydrogen) atoms. The van der Waals surface area contributed by atoms with Gasteiger partial charge in [0.2, 0.25) is 0 Å². The van der Waals surface area contributed by atoms with Crippen LogP contribution in [0.4, 0.5) is 0 Å². The molecule has 5 heteroatoms. The van der Waals surface area contributed by atoms with Crippen LogP contribution in [0.3, 0.4) is 0 Å². The summed E-state index contributed by atoms with van der Waals surface area (Å²) in [6, 6.07) is 2.20. The van der Waals surface area contributed by atoms with Gasteiger partial charge in [0.15, 0.2) is 0 Å². The van der Waals surface area contributed by atoms with Crippen molar-refractivity contribution < 1.29 is 9.90 Å². The largest absolute Gasteiger partial charge is 0.395 e. The van der Waals surface area contributed by atoms with E-state index < -0.39 is 0 Å². The van der Waals surface area contributed by atoms with E-state index in [1.54, 1.807) is 0 Å². The fraction of sp³-hybridized carbons (Fsp3) is 0.583. The molecule has 94 valence electrons. The molecule has 0 saturated heterocycles. The van der Waals surface area contributed by atoms with Crippen LogP contribution in [-0.2, 0) is 0 Å². The average molecular weight is 318 g/mol. The van der Waals surface area contributed by atoms with Crippen molar-refractivity contribution in [3.05, 3.63) is 20.8 Å². The highest BCUT2D eigenvalue weighted by Gasteiger charge is 2.28. The smallest absolute Gasteiger partial charge is 0.265 e. The van der Waals surface area contributed by atoms with Gasteiger partial charge in [-0.2, -0.15) is 0 Å². The zero-order chi connectivity index (χ0) is 12.3. The lowest BCUT2D eigenvalue weighted by Crippen LogP contribution is -2.40. The number of hydrogen-bond donors (Lipinski definition) is 1. The van der Waals surface area contributed by atoms with Gasteiger partial charge in [0.1, 0.15) is 4.88 Å². The Morgan fingerprint density at radius 1 is 1.53 bits per heavy atom. The number of thiophene rings is 1. The third-order valence-electron chi connectivity index (χ3n) is 3.18. The molecule has 1 aliphatic rings. The first-order valence-corrected chi connectivity index (χ1v) is 7.56. The second kappa shape index (κ2) is 5.98. The van der Waals surface area contributed by atoms with E-state index in [9.17, 15) is 4.79 Å². The molecule has 0 aliphatic heterocycles. The van der Waals surface area contributed by atoms with Gasteiger partial charge in [0.05, 0.1) is 6.61 Å². The number of carbonyl (C=O) groups excluding carboxylic acids is 1. The van der Waals surface area contributed by atoms with E-state index in [0.29, 0.717) is 12.6 Å². The Bertz CT molecular complexity index is 388. The Morgan fingerprint density at radius 3 is 2.76 bits per heavy atom. The van der Waals surface area contributed by atoms with Gasteiger partial charge in [-0.25, -0.2) is 0 Å². The Hall–Kier alpha value is -0.390. The molecule has 0 atom stereocenters. The van der Waals surface area contributed by atoms with Crippen LogP contribution >= 0.6 is 27.3 Å². The lowest BCUT2D eigenvalue weighted by Gasteiger charge is -2.28. The SMILES string of the molecule is O=C(c1sccc1Br)N(CCO)C1CCCC1.